The van der Waals surface area contributed by atoms with Gasteiger partial charge in [-0.05, 0) is 27.7 Å². The lowest BCUT2D eigenvalue weighted by molar-refractivity contribution is -1.12. The van der Waals surface area contributed by atoms with E-state index >= 15 is 0 Å². The zero-order valence-corrected chi connectivity index (χ0v) is 13.3. The highest BCUT2D eigenvalue weighted by molar-refractivity contribution is 4.26. The first-order chi connectivity index (χ1) is 5.71. The van der Waals surface area contributed by atoms with Crippen LogP contribution in [0.25, 0.3) is 0 Å². The van der Waals surface area contributed by atoms with Crippen LogP contribution in [0, 0.1) is 0 Å². The summed E-state index contributed by atoms with van der Waals surface area (Å²) >= 11 is 0. The van der Waals surface area contributed by atoms with Gasteiger partial charge in [-0.2, -0.15) is 0 Å². The van der Waals surface area contributed by atoms with Gasteiger partial charge in [-0.15, -0.1) is 0 Å². The van der Waals surface area contributed by atoms with E-state index in [2.05, 4.69) is 34.6 Å². The van der Waals surface area contributed by atoms with Crippen molar-refractivity contribution >= 4 is 0 Å². The number of quaternary nitrogens is 2. The second-order valence-corrected chi connectivity index (χ2v) is 3.45. The average molecular weight is 334 g/mol. The molecule has 2 nitrogen and oxygen atoms in total. The molecular weight excluding hydrogens is 308 g/mol. The second kappa shape index (κ2) is 12.0. The molecule has 0 heterocycles. The van der Waals surface area contributed by atoms with Gasteiger partial charge in [0.15, 0.2) is 0 Å². The van der Waals surface area contributed by atoms with Crippen molar-refractivity contribution < 1.29 is 43.8 Å². The normalized spacial score (nSPS) is 10.3. The average Bonchev–Trinajstić information content (AvgIpc) is 2.09. The zero-order valence-electron chi connectivity index (χ0n) is 10.2. The van der Waals surface area contributed by atoms with Crippen molar-refractivity contribution in [3.8, 4) is 0 Å². The van der Waals surface area contributed by atoms with Gasteiger partial charge < -0.3 is 34.0 Å². The molecular formula is C10H26Br2N2. The summed E-state index contributed by atoms with van der Waals surface area (Å²) in [6, 6.07) is 0. The molecule has 0 aliphatic rings. The van der Waals surface area contributed by atoms with Gasteiger partial charge in [0, 0.05) is 6.92 Å². The van der Waals surface area contributed by atoms with Gasteiger partial charge in [-0.1, -0.05) is 0 Å². The van der Waals surface area contributed by atoms with Crippen LogP contribution in [0.2, 0.25) is 0 Å². The Morgan fingerprint density at radius 1 is 0.714 bits per heavy atom. The zero-order chi connectivity index (χ0) is 9.56. The van der Waals surface area contributed by atoms with Crippen LogP contribution in [-0.2, 0) is 0 Å². The van der Waals surface area contributed by atoms with Crippen molar-refractivity contribution in [2.75, 3.05) is 26.2 Å². The molecule has 0 unspecified atom stereocenters. The lowest BCUT2D eigenvalue weighted by Gasteiger charge is -2.29. The maximum absolute atomic E-state index is 2.37. The Morgan fingerprint density at radius 2 is 0.929 bits per heavy atom. The Kier molecular flexibility index (Phi) is 17.3. The molecule has 0 aromatic carbocycles. The Hall–Kier alpha value is 0.880. The Balaban J connectivity index is -0.000000605. The highest BCUT2D eigenvalue weighted by Crippen LogP contribution is 1.61. The summed E-state index contributed by atoms with van der Waals surface area (Å²) in [5.74, 6) is 0. The maximum atomic E-state index is 2.37. The quantitative estimate of drug-likeness (QED) is 0.447. The van der Waals surface area contributed by atoms with E-state index in [9.17, 15) is 0 Å². The third kappa shape index (κ3) is 6.38. The molecule has 90 valence electrons. The lowest BCUT2D eigenvalue weighted by atomic mass is 10.3. The van der Waals surface area contributed by atoms with Crippen molar-refractivity contribution in [1.82, 2.24) is 0 Å². The van der Waals surface area contributed by atoms with Crippen LogP contribution < -0.4 is 43.8 Å². The van der Waals surface area contributed by atoms with Gasteiger partial charge in [0.05, 0.1) is 26.2 Å². The van der Waals surface area contributed by atoms with E-state index in [4.69, 9.17) is 0 Å². The fourth-order valence-corrected chi connectivity index (χ4v) is 2.01. The molecule has 0 bridgehead atoms. The maximum Gasteiger partial charge on any atom is 0.210 e. The van der Waals surface area contributed by atoms with E-state index in [0.29, 0.717) is 0 Å². The molecule has 0 saturated carbocycles. The Labute approximate surface area is 111 Å². The fourth-order valence-electron chi connectivity index (χ4n) is 2.01. The number of halogens is 2. The lowest BCUT2D eigenvalue weighted by Crippen LogP contribution is -3.35. The molecule has 0 amide bonds. The largest absolute Gasteiger partial charge is 1.00 e. The number of rotatable bonds is 6. The van der Waals surface area contributed by atoms with Crippen LogP contribution in [0.4, 0.5) is 0 Å². The summed E-state index contributed by atoms with van der Waals surface area (Å²) in [6.07, 6.45) is 0.759. The van der Waals surface area contributed by atoms with Crippen LogP contribution in [0.1, 0.15) is 34.6 Å². The molecule has 2 N–H and O–H groups in total. The first-order valence-corrected chi connectivity index (χ1v) is 5.40. The Bertz CT molecular complexity index is 92.3. The molecule has 0 spiro atoms. The summed E-state index contributed by atoms with van der Waals surface area (Å²) < 4.78 is 0. The first-order valence-electron chi connectivity index (χ1n) is 5.40. The first kappa shape index (κ1) is 20.3. The third-order valence-corrected chi connectivity index (χ3v) is 3.04. The summed E-state index contributed by atoms with van der Waals surface area (Å²) in [4.78, 5) is 3.43. The molecule has 0 saturated heterocycles. The smallest absolute Gasteiger partial charge is 0.210 e. The van der Waals surface area contributed by atoms with E-state index < -0.39 is 0 Å². The van der Waals surface area contributed by atoms with E-state index in [-0.39, 0.29) is 34.0 Å². The van der Waals surface area contributed by atoms with E-state index in [1.165, 1.54) is 26.2 Å². The molecule has 0 fully saturated rings. The number of hydrogen-bond donors (Lipinski definition) is 2. The highest BCUT2D eigenvalue weighted by Gasteiger charge is 2.21. The SMILES string of the molecule is CC[NH+](CC)C(C)[NH+](CC)CC.[Br-].[Br-]. The number of nitrogens with one attached hydrogen (secondary N) is 2. The van der Waals surface area contributed by atoms with Gasteiger partial charge in [0.2, 0.25) is 6.17 Å². The predicted octanol–water partition coefficient (Wildman–Crippen LogP) is -6.81. The van der Waals surface area contributed by atoms with Crippen molar-refractivity contribution in [2.24, 2.45) is 0 Å². The predicted molar refractivity (Wildman–Crippen MR) is 53.6 cm³/mol. The molecule has 0 radical (unpaired) electrons. The van der Waals surface area contributed by atoms with Gasteiger partial charge in [-0.3, -0.25) is 9.80 Å². The van der Waals surface area contributed by atoms with Crippen LogP contribution >= 0.6 is 0 Å². The molecule has 4 heteroatoms. The summed E-state index contributed by atoms with van der Waals surface area (Å²) in [6.45, 7) is 16.5. The van der Waals surface area contributed by atoms with Crippen molar-refractivity contribution in [3.05, 3.63) is 0 Å². The molecule has 0 aliphatic carbocycles. The minimum absolute atomic E-state index is 0. The monoisotopic (exact) mass is 332 g/mol. The van der Waals surface area contributed by atoms with Crippen LogP contribution in [-0.4, -0.2) is 32.3 Å². The molecule has 0 aliphatic heterocycles. The van der Waals surface area contributed by atoms with Crippen molar-refractivity contribution in [1.29, 1.82) is 0 Å². The van der Waals surface area contributed by atoms with Gasteiger partial charge in [-0.25, -0.2) is 0 Å². The summed E-state index contributed by atoms with van der Waals surface area (Å²) in [7, 11) is 0. The second-order valence-electron chi connectivity index (χ2n) is 3.45. The van der Waals surface area contributed by atoms with Crippen LogP contribution in [0.3, 0.4) is 0 Å². The fraction of sp³-hybridized carbons (Fsp3) is 1.00. The van der Waals surface area contributed by atoms with E-state index in [1.807, 2.05) is 0 Å². The van der Waals surface area contributed by atoms with E-state index in [0.717, 1.165) is 6.17 Å². The highest BCUT2D eigenvalue weighted by atomic mass is 79.9. The summed E-state index contributed by atoms with van der Waals surface area (Å²) in [5, 5.41) is 0. The molecule has 0 aromatic heterocycles. The molecule has 0 aromatic rings. The van der Waals surface area contributed by atoms with Gasteiger partial charge >= 0.3 is 0 Å². The molecule has 0 atom stereocenters. The summed E-state index contributed by atoms with van der Waals surface area (Å²) in [5.41, 5.74) is 0. The molecule has 0 rings (SSSR count). The minimum Gasteiger partial charge on any atom is -1.00 e. The van der Waals surface area contributed by atoms with E-state index in [1.54, 1.807) is 9.80 Å². The minimum atomic E-state index is 0. The standard InChI is InChI=1S/C10H24N2.2BrH/c1-6-11(7-2)10(5)12(8-3)9-4;;/h10H,6-9H2,1-5H3;2*1H. The molecule has 14 heavy (non-hydrogen) atoms. The van der Waals surface area contributed by atoms with Gasteiger partial charge in [0.1, 0.15) is 0 Å². The van der Waals surface area contributed by atoms with Gasteiger partial charge in [0.25, 0.3) is 0 Å². The number of hydrogen-bond acceptors (Lipinski definition) is 0. The van der Waals surface area contributed by atoms with Crippen LogP contribution in [0.5, 0.6) is 0 Å². The van der Waals surface area contributed by atoms with Crippen molar-refractivity contribution in [3.63, 3.8) is 0 Å². The third-order valence-electron chi connectivity index (χ3n) is 3.04. The van der Waals surface area contributed by atoms with Crippen LogP contribution in [0.15, 0.2) is 0 Å². The topological polar surface area (TPSA) is 8.88 Å². The van der Waals surface area contributed by atoms with Crippen molar-refractivity contribution in [2.45, 2.75) is 40.8 Å². The Morgan fingerprint density at radius 3 is 1.07 bits per heavy atom.